The van der Waals surface area contributed by atoms with Crippen LogP contribution in [0.2, 0.25) is 0 Å². The third-order valence-corrected chi connectivity index (χ3v) is 3.24. The first-order valence-corrected chi connectivity index (χ1v) is 6.58. The molecule has 96 valence electrons. The van der Waals surface area contributed by atoms with Crippen molar-refractivity contribution in [2.45, 2.75) is 52.2 Å². The van der Waals surface area contributed by atoms with Crippen LogP contribution in [0, 0.1) is 11.8 Å². The largest absolute Gasteiger partial charge is 0.389 e. The lowest BCUT2D eigenvalue weighted by molar-refractivity contribution is 0.00616. The van der Waals surface area contributed by atoms with E-state index in [-0.39, 0.29) is 12.2 Å². The second-order valence-electron chi connectivity index (χ2n) is 5.48. The first-order valence-electron chi connectivity index (χ1n) is 6.58. The fourth-order valence-electron chi connectivity index (χ4n) is 2.33. The zero-order valence-corrected chi connectivity index (χ0v) is 10.9. The predicted molar refractivity (Wildman–Crippen MR) is 66.5 cm³/mol. The number of nitrogens with one attached hydrogen (secondary N) is 1. The summed E-state index contributed by atoms with van der Waals surface area (Å²) in [6, 6.07) is 0. The zero-order chi connectivity index (χ0) is 12.0. The molecule has 1 saturated carbocycles. The first-order chi connectivity index (χ1) is 7.58. The summed E-state index contributed by atoms with van der Waals surface area (Å²) < 4.78 is 5.35. The summed E-state index contributed by atoms with van der Waals surface area (Å²) in [7, 11) is 0. The zero-order valence-electron chi connectivity index (χ0n) is 10.9. The Morgan fingerprint density at radius 2 is 2.12 bits per heavy atom. The number of rotatable bonds is 7. The maximum Gasteiger partial charge on any atom is 0.0897 e. The van der Waals surface area contributed by atoms with Crippen LogP contribution in [-0.2, 0) is 4.74 Å². The van der Waals surface area contributed by atoms with Crippen molar-refractivity contribution < 1.29 is 9.84 Å². The first kappa shape index (κ1) is 13.9. The Balaban J connectivity index is 1.97. The van der Waals surface area contributed by atoms with Crippen molar-refractivity contribution in [3.05, 3.63) is 0 Å². The summed E-state index contributed by atoms with van der Waals surface area (Å²) in [6.45, 7) is 8.43. The van der Waals surface area contributed by atoms with Crippen LogP contribution in [0.1, 0.15) is 40.0 Å². The Labute approximate surface area is 99.6 Å². The second kappa shape index (κ2) is 7.25. The van der Waals surface area contributed by atoms with Crippen molar-refractivity contribution in [2.75, 3.05) is 19.7 Å². The molecule has 0 radical (unpaired) electrons. The molecule has 0 saturated heterocycles. The monoisotopic (exact) mass is 229 g/mol. The van der Waals surface area contributed by atoms with Crippen LogP contribution >= 0.6 is 0 Å². The van der Waals surface area contributed by atoms with Gasteiger partial charge in [0, 0.05) is 6.54 Å². The number of aliphatic hydroxyl groups excluding tert-OH is 1. The van der Waals surface area contributed by atoms with Crippen LogP contribution in [0.15, 0.2) is 0 Å². The molecule has 0 amide bonds. The lowest BCUT2D eigenvalue weighted by atomic mass is 10.1. The predicted octanol–water partition coefficient (Wildman–Crippen LogP) is 1.80. The van der Waals surface area contributed by atoms with Gasteiger partial charge in [-0.3, -0.25) is 0 Å². The minimum absolute atomic E-state index is 0.199. The van der Waals surface area contributed by atoms with Crippen molar-refractivity contribution in [2.24, 2.45) is 11.8 Å². The van der Waals surface area contributed by atoms with Gasteiger partial charge in [0.15, 0.2) is 0 Å². The number of hydrogen-bond acceptors (Lipinski definition) is 3. The molecule has 0 aromatic carbocycles. The maximum atomic E-state index is 9.64. The van der Waals surface area contributed by atoms with Crippen LogP contribution in [-0.4, -0.2) is 37.0 Å². The number of aliphatic hydroxyl groups is 1. The van der Waals surface area contributed by atoms with Crippen molar-refractivity contribution >= 4 is 0 Å². The molecule has 1 aliphatic rings. The van der Waals surface area contributed by atoms with E-state index >= 15 is 0 Å². The molecule has 0 aromatic heterocycles. The SMILES string of the molecule is CC1CCC(CNCC(O)COC(C)C)C1. The Morgan fingerprint density at radius 3 is 2.69 bits per heavy atom. The fourth-order valence-corrected chi connectivity index (χ4v) is 2.33. The molecule has 0 aromatic rings. The highest BCUT2D eigenvalue weighted by Crippen LogP contribution is 2.29. The maximum absolute atomic E-state index is 9.64. The molecule has 0 bridgehead atoms. The molecule has 3 atom stereocenters. The Kier molecular flexibility index (Phi) is 6.32. The molecule has 2 N–H and O–H groups in total. The lowest BCUT2D eigenvalue weighted by Gasteiger charge is -2.16. The molecule has 1 aliphatic carbocycles. The van der Waals surface area contributed by atoms with E-state index in [2.05, 4.69) is 12.2 Å². The highest BCUT2D eigenvalue weighted by Gasteiger charge is 2.20. The average molecular weight is 229 g/mol. The van der Waals surface area contributed by atoms with Crippen molar-refractivity contribution in [1.82, 2.24) is 5.32 Å². The molecule has 0 heterocycles. The third-order valence-electron chi connectivity index (χ3n) is 3.24. The standard InChI is InChI=1S/C13H27NO2/c1-10(2)16-9-13(15)8-14-7-12-5-4-11(3)6-12/h10-15H,4-9H2,1-3H3. The van der Waals surface area contributed by atoms with Gasteiger partial charge in [-0.05, 0) is 45.1 Å². The van der Waals surface area contributed by atoms with E-state index in [9.17, 15) is 5.11 Å². The molecule has 1 rings (SSSR count). The van der Waals surface area contributed by atoms with E-state index in [1.54, 1.807) is 0 Å². The van der Waals surface area contributed by atoms with Gasteiger partial charge < -0.3 is 15.2 Å². The second-order valence-corrected chi connectivity index (χ2v) is 5.48. The quantitative estimate of drug-likeness (QED) is 0.699. The van der Waals surface area contributed by atoms with E-state index in [1.165, 1.54) is 19.3 Å². The van der Waals surface area contributed by atoms with Gasteiger partial charge >= 0.3 is 0 Å². The lowest BCUT2D eigenvalue weighted by Crippen LogP contribution is -2.33. The van der Waals surface area contributed by atoms with E-state index in [1.807, 2.05) is 13.8 Å². The summed E-state index contributed by atoms with van der Waals surface area (Å²) in [5.74, 6) is 1.70. The smallest absolute Gasteiger partial charge is 0.0897 e. The molecule has 3 unspecified atom stereocenters. The van der Waals surface area contributed by atoms with Crippen molar-refractivity contribution in [3.8, 4) is 0 Å². The highest BCUT2D eigenvalue weighted by atomic mass is 16.5. The van der Waals surface area contributed by atoms with Gasteiger partial charge in [0.1, 0.15) is 0 Å². The highest BCUT2D eigenvalue weighted by molar-refractivity contribution is 4.74. The topological polar surface area (TPSA) is 41.5 Å². The Bertz CT molecular complexity index is 185. The molecule has 0 spiro atoms. The van der Waals surface area contributed by atoms with Crippen LogP contribution in [0.4, 0.5) is 0 Å². The summed E-state index contributed by atoms with van der Waals surface area (Å²) in [4.78, 5) is 0. The van der Waals surface area contributed by atoms with E-state index < -0.39 is 0 Å². The number of ether oxygens (including phenoxy) is 1. The van der Waals surface area contributed by atoms with E-state index in [0.29, 0.717) is 13.2 Å². The number of hydrogen-bond donors (Lipinski definition) is 2. The summed E-state index contributed by atoms with van der Waals surface area (Å²) in [5.41, 5.74) is 0. The van der Waals surface area contributed by atoms with Gasteiger partial charge in [0.2, 0.25) is 0 Å². The Morgan fingerprint density at radius 1 is 1.38 bits per heavy atom. The van der Waals surface area contributed by atoms with Crippen LogP contribution in [0.25, 0.3) is 0 Å². The van der Waals surface area contributed by atoms with Gasteiger partial charge in [-0.15, -0.1) is 0 Å². The molecule has 16 heavy (non-hydrogen) atoms. The van der Waals surface area contributed by atoms with Crippen LogP contribution in [0.5, 0.6) is 0 Å². The summed E-state index contributed by atoms with van der Waals surface area (Å²) in [6.07, 6.45) is 3.87. The van der Waals surface area contributed by atoms with Gasteiger partial charge in [-0.2, -0.15) is 0 Å². The van der Waals surface area contributed by atoms with Gasteiger partial charge in [-0.25, -0.2) is 0 Å². The average Bonchev–Trinajstić information content (AvgIpc) is 2.61. The molecular weight excluding hydrogens is 202 g/mol. The molecule has 3 heteroatoms. The van der Waals surface area contributed by atoms with Gasteiger partial charge in [0.05, 0.1) is 18.8 Å². The summed E-state index contributed by atoms with van der Waals surface area (Å²) >= 11 is 0. The molecule has 0 aliphatic heterocycles. The van der Waals surface area contributed by atoms with E-state index in [4.69, 9.17) is 4.74 Å². The molecule has 1 fully saturated rings. The Hall–Kier alpha value is -0.120. The van der Waals surface area contributed by atoms with Crippen molar-refractivity contribution in [3.63, 3.8) is 0 Å². The fraction of sp³-hybridized carbons (Fsp3) is 1.00. The van der Waals surface area contributed by atoms with E-state index in [0.717, 1.165) is 18.4 Å². The van der Waals surface area contributed by atoms with Crippen LogP contribution in [0.3, 0.4) is 0 Å². The third kappa shape index (κ3) is 5.83. The minimum Gasteiger partial charge on any atom is -0.389 e. The van der Waals surface area contributed by atoms with Gasteiger partial charge in [-0.1, -0.05) is 13.3 Å². The normalized spacial score (nSPS) is 27.6. The van der Waals surface area contributed by atoms with Crippen LogP contribution < -0.4 is 5.32 Å². The molecular formula is C13H27NO2. The molecule has 3 nitrogen and oxygen atoms in total. The summed E-state index contributed by atoms with van der Waals surface area (Å²) in [5, 5.41) is 13.0. The van der Waals surface area contributed by atoms with Gasteiger partial charge in [0.25, 0.3) is 0 Å². The minimum atomic E-state index is -0.374. The van der Waals surface area contributed by atoms with Crippen molar-refractivity contribution in [1.29, 1.82) is 0 Å².